The smallest absolute Gasteiger partial charge is 0.341 e. The molecule has 0 spiro atoms. The lowest BCUT2D eigenvalue weighted by molar-refractivity contribution is 0.0528. The van der Waals surface area contributed by atoms with Crippen molar-refractivity contribution in [1.82, 2.24) is 9.97 Å². The molecular formula is C25H22N4O5S2. The number of amides is 1. The van der Waals surface area contributed by atoms with Crippen molar-refractivity contribution in [2.75, 3.05) is 22.9 Å². The lowest BCUT2D eigenvalue weighted by atomic mass is 10.1. The van der Waals surface area contributed by atoms with E-state index < -0.39 is 21.9 Å². The number of hydrogen-bond donors (Lipinski definition) is 2. The van der Waals surface area contributed by atoms with Gasteiger partial charge in [-0.05, 0) is 30.7 Å². The van der Waals surface area contributed by atoms with Gasteiger partial charge in [0.25, 0.3) is 5.91 Å². The highest BCUT2D eigenvalue weighted by atomic mass is 32.2. The van der Waals surface area contributed by atoms with Crippen molar-refractivity contribution >= 4 is 43.9 Å². The van der Waals surface area contributed by atoms with Crippen LogP contribution in [0.2, 0.25) is 0 Å². The molecule has 2 N–H and O–H groups in total. The van der Waals surface area contributed by atoms with Crippen molar-refractivity contribution in [1.29, 1.82) is 0 Å². The number of sulfonamides is 1. The molecule has 2 heterocycles. The SMILES string of the molecule is CCOC(=O)c1cc(-c2ccccc2)sc1NC(=O)c1cncc(-c2cccc(NS(C)(=O)=O)c2)n1. The number of hydrogen-bond acceptors (Lipinski definition) is 8. The number of carbonyl (C=O) groups is 2. The normalized spacial score (nSPS) is 11.1. The van der Waals surface area contributed by atoms with Gasteiger partial charge in [-0.2, -0.15) is 0 Å². The van der Waals surface area contributed by atoms with Crippen molar-refractivity contribution in [2.45, 2.75) is 6.92 Å². The summed E-state index contributed by atoms with van der Waals surface area (Å²) in [4.78, 5) is 34.9. The van der Waals surface area contributed by atoms with Crippen molar-refractivity contribution < 1.29 is 22.7 Å². The van der Waals surface area contributed by atoms with Crippen LogP contribution in [0, 0.1) is 0 Å². The van der Waals surface area contributed by atoms with Gasteiger partial charge in [0.05, 0.1) is 36.5 Å². The molecule has 0 aliphatic heterocycles. The number of carbonyl (C=O) groups excluding carboxylic acids is 2. The van der Waals surface area contributed by atoms with Crippen molar-refractivity contribution in [3.05, 3.63) is 84.3 Å². The molecular weight excluding hydrogens is 500 g/mol. The van der Waals surface area contributed by atoms with Crippen LogP contribution in [0.1, 0.15) is 27.8 Å². The maximum absolute atomic E-state index is 13.1. The number of aromatic nitrogens is 2. The summed E-state index contributed by atoms with van der Waals surface area (Å²) >= 11 is 1.25. The minimum Gasteiger partial charge on any atom is -0.462 e. The molecule has 0 unspecified atom stereocenters. The highest BCUT2D eigenvalue weighted by Crippen LogP contribution is 2.36. The second kappa shape index (κ2) is 10.7. The number of benzene rings is 2. The number of esters is 1. The first-order valence-electron chi connectivity index (χ1n) is 10.8. The van der Waals surface area contributed by atoms with Crippen LogP contribution >= 0.6 is 11.3 Å². The van der Waals surface area contributed by atoms with Gasteiger partial charge in [-0.1, -0.05) is 42.5 Å². The molecule has 0 aliphatic carbocycles. The Hall–Kier alpha value is -4.09. The van der Waals surface area contributed by atoms with E-state index in [1.165, 1.54) is 23.7 Å². The summed E-state index contributed by atoms with van der Waals surface area (Å²) < 4.78 is 30.7. The Morgan fingerprint density at radius 1 is 1.00 bits per heavy atom. The van der Waals surface area contributed by atoms with Gasteiger partial charge in [-0.15, -0.1) is 11.3 Å². The van der Waals surface area contributed by atoms with Crippen LogP contribution in [-0.4, -0.2) is 43.1 Å². The molecule has 2 aromatic carbocycles. The molecule has 4 aromatic rings. The van der Waals surface area contributed by atoms with E-state index in [1.54, 1.807) is 37.3 Å². The quantitative estimate of drug-likeness (QED) is 0.322. The maximum atomic E-state index is 13.1. The first-order chi connectivity index (χ1) is 17.2. The standard InChI is InChI=1S/C25H22N4O5S2/c1-3-34-25(31)19-13-22(16-8-5-4-6-9-16)35-24(19)28-23(30)21-15-26-14-20(27-21)17-10-7-11-18(12-17)29-36(2,32)33/h4-15,29H,3H2,1-2H3,(H,28,30). The van der Waals surface area contributed by atoms with Gasteiger partial charge in [0.1, 0.15) is 10.7 Å². The van der Waals surface area contributed by atoms with Crippen LogP contribution in [0.25, 0.3) is 21.7 Å². The third-order valence-corrected chi connectivity index (χ3v) is 6.55. The molecule has 1 amide bonds. The largest absolute Gasteiger partial charge is 0.462 e. The summed E-state index contributed by atoms with van der Waals surface area (Å²) in [5.74, 6) is -1.09. The van der Waals surface area contributed by atoms with Crippen molar-refractivity contribution in [3.8, 4) is 21.7 Å². The summed E-state index contributed by atoms with van der Waals surface area (Å²) in [5, 5.41) is 3.10. The van der Waals surface area contributed by atoms with E-state index in [0.29, 0.717) is 21.9 Å². The van der Waals surface area contributed by atoms with Gasteiger partial charge in [0, 0.05) is 16.1 Å². The van der Waals surface area contributed by atoms with E-state index in [0.717, 1.165) is 16.7 Å². The fourth-order valence-corrected chi connectivity index (χ4v) is 4.93. The second-order valence-corrected chi connectivity index (χ2v) is 10.4. The topological polar surface area (TPSA) is 127 Å². The average molecular weight is 523 g/mol. The van der Waals surface area contributed by atoms with E-state index in [-0.39, 0.29) is 17.9 Å². The Bertz CT molecular complexity index is 1520. The summed E-state index contributed by atoms with van der Waals surface area (Å²) in [7, 11) is -3.45. The Morgan fingerprint density at radius 3 is 2.47 bits per heavy atom. The van der Waals surface area contributed by atoms with Crippen LogP contribution < -0.4 is 10.0 Å². The van der Waals surface area contributed by atoms with Crippen molar-refractivity contribution in [3.63, 3.8) is 0 Å². The van der Waals surface area contributed by atoms with E-state index >= 15 is 0 Å². The summed E-state index contributed by atoms with van der Waals surface area (Å²) in [5.41, 5.74) is 2.48. The molecule has 36 heavy (non-hydrogen) atoms. The lowest BCUT2D eigenvalue weighted by Crippen LogP contribution is -2.16. The Kier molecular flexibility index (Phi) is 7.41. The summed E-state index contributed by atoms with van der Waals surface area (Å²) in [6.45, 7) is 1.91. The van der Waals surface area contributed by atoms with E-state index in [2.05, 4.69) is 20.0 Å². The van der Waals surface area contributed by atoms with Crippen LogP contribution in [0.5, 0.6) is 0 Å². The highest BCUT2D eigenvalue weighted by Gasteiger charge is 2.21. The zero-order valence-corrected chi connectivity index (χ0v) is 21.0. The molecule has 2 aromatic heterocycles. The molecule has 0 radical (unpaired) electrons. The number of rotatable bonds is 8. The third kappa shape index (κ3) is 6.12. The monoisotopic (exact) mass is 522 g/mol. The minimum absolute atomic E-state index is 0.0263. The van der Waals surface area contributed by atoms with Gasteiger partial charge < -0.3 is 10.1 Å². The second-order valence-electron chi connectivity index (χ2n) is 7.64. The van der Waals surface area contributed by atoms with Crippen LogP contribution in [0.3, 0.4) is 0 Å². The molecule has 0 atom stereocenters. The Balaban J connectivity index is 1.62. The summed E-state index contributed by atoms with van der Waals surface area (Å²) in [6, 6.07) is 17.8. The van der Waals surface area contributed by atoms with Crippen LogP contribution in [0.4, 0.5) is 10.7 Å². The predicted molar refractivity (Wildman–Crippen MR) is 140 cm³/mol. The molecule has 184 valence electrons. The molecule has 0 saturated carbocycles. The lowest BCUT2D eigenvalue weighted by Gasteiger charge is -2.08. The summed E-state index contributed by atoms with van der Waals surface area (Å²) in [6.07, 6.45) is 3.84. The number of nitrogens with zero attached hydrogens (tertiary/aromatic N) is 2. The average Bonchev–Trinajstić information content (AvgIpc) is 3.28. The van der Waals surface area contributed by atoms with Gasteiger partial charge in [0.2, 0.25) is 10.0 Å². The zero-order valence-electron chi connectivity index (χ0n) is 19.4. The molecule has 0 fully saturated rings. The molecule has 9 nitrogen and oxygen atoms in total. The van der Waals surface area contributed by atoms with E-state index in [1.807, 2.05) is 30.3 Å². The van der Waals surface area contributed by atoms with Gasteiger partial charge in [-0.3, -0.25) is 14.5 Å². The molecule has 0 bridgehead atoms. The van der Waals surface area contributed by atoms with Crippen LogP contribution in [-0.2, 0) is 14.8 Å². The van der Waals surface area contributed by atoms with Crippen molar-refractivity contribution in [2.24, 2.45) is 0 Å². The number of ether oxygens (including phenoxy) is 1. The predicted octanol–water partition coefficient (Wildman–Crippen LogP) is 4.67. The maximum Gasteiger partial charge on any atom is 0.341 e. The fourth-order valence-electron chi connectivity index (χ4n) is 3.33. The van der Waals surface area contributed by atoms with Gasteiger partial charge in [0.15, 0.2) is 0 Å². The number of nitrogens with one attached hydrogen (secondary N) is 2. The number of thiophene rings is 1. The number of anilines is 2. The van der Waals surface area contributed by atoms with Crippen LogP contribution in [0.15, 0.2) is 73.1 Å². The highest BCUT2D eigenvalue weighted by molar-refractivity contribution is 7.92. The molecule has 0 aliphatic rings. The molecule has 11 heteroatoms. The first-order valence-corrected chi connectivity index (χ1v) is 13.5. The van der Waals surface area contributed by atoms with E-state index in [4.69, 9.17) is 4.74 Å². The Morgan fingerprint density at radius 2 is 1.75 bits per heavy atom. The minimum atomic E-state index is -3.45. The first kappa shape index (κ1) is 25.0. The Labute approximate surface area is 212 Å². The van der Waals surface area contributed by atoms with Gasteiger partial charge in [-0.25, -0.2) is 18.2 Å². The van der Waals surface area contributed by atoms with Gasteiger partial charge >= 0.3 is 5.97 Å². The third-order valence-electron chi connectivity index (χ3n) is 4.84. The fraction of sp³-hybridized carbons (Fsp3) is 0.120. The van der Waals surface area contributed by atoms with E-state index in [9.17, 15) is 18.0 Å². The molecule has 4 rings (SSSR count). The molecule has 0 saturated heterocycles. The zero-order chi connectivity index (χ0) is 25.7.